The summed E-state index contributed by atoms with van der Waals surface area (Å²) in [5, 5.41) is 1.59. The van der Waals surface area contributed by atoms with Gasteiger partial charge in [0, 0.05) is 59.5 Å². The molecule has 4 heterocycles. The van der Waals surface area contributed by atoms with Crippen molar-refractivity contribution < 1.29 is 34.1 Å². The van der Waals surface area contributed by atoms with E-state index in [9.17, 15) is 0 Å². The Bertz CT molecular complexity index is 2810. The monoisotopic (exact) mass is 905 g/mol. The first-order chi connectivity index (χ1) is 28.7. The van der Waals surface area contributed by atoms with Crippen LogP contribution in [0, 0.1) is 24.4 Å². The van der Waals surface area contributed by atoms with Crippen LogP contribution >= 0.6 is 0 Å². The first-order valence-corrected chi connectivity index (χ1v) is 18.0. The van der Waals surface area contributed by atoms with Crippen molar-refractivity contribution in [3.05, 3.63) is 174 Å². The summed E-state index contributed by atoms with van der Waals surface area (Å²) in [7, 11) is 0. The Kier molecular flexibility index (Phi) is 9.40. The molecule has 279 valence electrons. The molecule has 4 aromatic carbocycles. The molecule has 0 spiro atoms. The molecule has 4 aromatic heterocycles. The first kappa shape index (κ1) is 31.0. The topological polar surface area (TPSA) is 51.8 Å². The van der Waals surface area contributed by atoms with Gasteiger partial charge in [-0.05, 0) is 63.5 Å². The Morgan fingerprint density at radius 2 is 1.51 bits per heavy atom. The molecule has 0 aliphatic carbocycles. The molecule has 1 radical (unpaired) electrons. The number of fused-ring (bicyclic) bond motifs is 3. The van der Waals surface area contributed by atoms with Gasteiger partial charge in [0.25, 0.3) is 0 Å². The summed E-state index contributed by atoms with van der Waals surface area (Å²) in [6.45, 7) is 9.87. The van der Waals surface area contributed by atoms with Crippen molar-refractivity contribution in [1.29, 1.82) is 0 Å². The molecule has 55 heavy (non-hydrogen) atoms. The maximum atomic E-state index is 8.64. The second-order valence-electron chi connectivity index (χ2n) is 15.3. The third-order valence-electron chi connectivity index (χ3n) is 8.82. The van der Waals surface area contributed by atoms with Crippen LogP contribution in [0.3, 0.4) is 0 Å². The molecule has 0 saturated carbocycles. The van der Waals surface area contributed by atoms with Crippen LogP contribution < -0.4 is 0 Å². The maximum Gasteiger partial charge on any atom is 0.216 e. The minimum atomic E-state index is -2.19. The predicted molar refractivity (Wildman–Crippen MR) is 223 cm³/mol. The molecular weight excluding hydrogens is 851 g/mol. The molecular formula is C50H47IrN3O-2. The Hall–Kier alpha value is -5.22. The summed E-state index contributed by atoms with van der Waals surface area (Å²) >= 11 is 0. The molecule has 0 aliphatic rings. The molecule has 8 aromatic rings. The molecule has 4 nitrogen and oxygen atoms in total. The summed E-state index contributed by atoms with van der Waals surface area (Å²) in [6, 6.07) is 42.9. The molecule has 0 amide bonds. The number of furan rings is 1. The second kappa shape index (κ2) is 16.7. The normalized spacial score (nSPS) is 14.2. The summed E-state index contributed by atoms with van der Waals surface area (Å²) in [6.07, 6.45) is 0.140. The molecule has 0 unspecified atom stereocenters. The van der Waals surface area contributed by atoms with Crippen LogP contribution in [-0.2, 0) is 38.3 Å². The minimum absolute atomic E-state index is 0. The Morgan fingerprint density at radius 1 is 0.745 bits per heavy atom. The standard InChI is InChI=1S/C28H25N2O.C22H22N.Ir/c1-28(2,3)18-20-14-15-29-25(17-20)24-11-7-10-22-23-13-12-21(30-27(23)31-26(22)24)16-19-8-5-4-6-9-19;1-16-10-11-18(14-20(16)17-8-6-5-7-9-17)21-13-12-19(15-23-21)22(2,3)4;/h4-10,12-15,17H,16,18H2,1-3H3;5-10,12-15H,1-4H3;/q2*-1;/i16D2,18D2;1D3;. The molecule has 8 rings (SSSR count). The Morgan fingerprint density at radius 3 is 2.20 bits per heavy atom. The van der Waals surface area contributed by atoms with Crippen LogP contribution in [0.2, 0.25) is 0 Å². The fourth-order valence-electron chi connectivity index (χ4n) is 6.12. The maximum absolute atomic E-state index is 8.64. The van der Waals surface area contributed by atoms with Gasteiger partial charge in [0.2, 0.25) is 5.71 Å². The smallest absolute Gasteiger partial charge is 0.216 e. The number of aryl methyl sites for hydroxylation is 1. The summed E-state index contributed by atoms with van der Waals surface area (Å²) in [4.78, 5) is 13.6. The first-order valence-electron chi connectivity index (χ1n) is 21.5. The van der Waals surface area contributed by atoms with Crippen LogP contribution in [0.25, 0.3) is 55.7 Å². The van der Waals surface area contributed by atoms with Gasteiger partial charge in [0.1, 0.15) is 0 Å². The van der Waals surface area contributed by atoms with Crippen LogP contribution in [0.15, 0.2) is 138 Å². The van der Waals surface area contributed by atoms with E-state index in [-0.39, 0.29) is 31.2 Å². The fraction of sp³-hybridized carbons (Fsp3) is 0.220. The number of rotatable bonds is 6. The summed E-state index contributed by atoms with van der Waals surface area (Å²) in [5.41, 5.74) is 7.40. The van der Waals surface area contributed by atoms with Gasteiger partial charge in [0.05, 0.1) is 5.58 Å². The largest absolute Gasteiger partial charge is 0.486 e. The van der Waals surface area contributed by atoms with Gasteiger partial charge in [-0.2, -0.15) is 0 Å². The van der Waals surface area contributed by atoms with Gasteiger partial charge in [-0.15, -0.1) is 47.5 Å². The van der Waals surface area contributed by atoms with Crippen molar-refractivity contribution in [1.82, 2.24) is 15.0 Å². The van der Waals surface area contributed by atoms with E-state index in [1.165, 1.54) is 0 Å². The van der Waals surface area contributed by atoms with E-state index in [2.05, 4.69) is 53.9 Å². The van der Waals surface area contributed by atoms with Crippen molar-refractivity contribution in [2.75, 3.05) is 0 Å². The molecule has 0 N–H and O–H groups in total. The van der Waals surface area contributed by atoms with Gasteiger partial charge in [-0.1, -0.05) is 149 Å². The Labute approximate surface area is 349 Å². The van der Waals surface area contributed by atoms with E-state index >= 15 is 0 Å². The van der Waals surface area contributed by atoms with Gasteiger partial charge in [-0.25, -0.2) is 4.98 Å². The van der Waals surface area contributed by atoms with Gasteiger partial charge in [-0.3, -0.25) is 0 Å². The number of benzene rings is 4. The van der Waals surface area contributed by atoms with Gasteiger partial charge in [0.15, 0.2) is 0 Å². The predicted octanol–water partition coefficient (Wildman–Crippen LogP) is 12.8. The SMILES string of the molecule is [2H]C([2H])([2H])c1c[c-]c(-c2ccc(C(C)(C)C)cn2)cc1-c1ccccc1.[2H]C([2H])(c1ccccc1)c1ccc2c(n1)oc1c(-c3cc(C([2H])([2H])C(C)(C)C)ccn3)[c-]ccc12.[Ir]. The van der Waals surface area contributed by atoms with E-state index in [4.69, 9.17) is 14.0 Å². The van der Waals surface area contributed by atoms with Crippen LogP contribution in [0.4, 0.5) is 0 Å². The average molecular weight is 905 g/mol. The number of hydrogen-bond acceptors (Lipinski definition) is 4. The summed E-state index contributed by atoms with van der Waals surface area (Å²) in [5.74, 6) is 0. The van der Waals surface area contributed by atoms with E-state index in [1.54, 1.807) is 60.8 Å². The second-order valence-corrected chi connectivity index (χ2v) is 15.3. The quantitative estimate of drug-likeness (QED) is 0.156. The fourth-order valence-corrected chi connectivity index (χ4v) is 6.12. The molecule has 0 aliphatic heterocycles. The summed E-state index contributed by atoms with van der Waals surface area (Å²) < 4.78 is 64.2. The van der Waals surface area contributed by atoms with E-state index < -0.39 is 25.0 Å². The van der Waals surface area contributed by atoms with Gasteiger partial charge < -0.3 is 14.4 Å². The number of aromatic nitrogens is 3. The van der Waals surface area contributed by atoms with E-state index in [1.807, 2.05) is 87.6 Å². The minimum Gasteiger partial charge on any atom is -0.486 e. The third kappa shape index (κ3) is 9.54. The molecule has 0 bridgehead atoms. The van der Waals surface area contributed by atoms with Crippen LogP contribution in [-0.4, -0.2) is 15.0 Å². The zero-order valence-electron chi connectivity index (χ0n) is 38.8. The average Bonchev–Trinajstić information content (AvgIpc) is 3.62. The number of pyridine rings is 3. The van der Waals surface area contributed by atoms with Gasteiger partial charge >= 0.3 is 0 Å². The molecule has 0 atom stereocenters. The Balaban J connectivity index is 0.000000213. The van der Waals surface area contributed by atoms with Crippen molar-refractivity contribution in [2.45, 2.75) is 66.6 Å². The van der Waals surface area contributed by atoms with E-state index in [0.29, 0.717) is 44.8 Å². The van der Waals surface area contributed by atoms with Crippen molar-refractivity contribution in [3.63, 3.8) is 0 Å². The van der Waals surface area contributed by atoms with Crippen molar-refractivity contribution in [2.24, 2.45) is 5.41 Å². The zero-order valence-corrected chi connectivity index (χ0v) is 34.2. The third-order valence-corrected chi connectivity index (χ3v) is 8.82. The number of hydrogen-bond donors (Lipinski definition) is 0. The molecule has 0 fully saturated rings. The van der Waals surface area contributed by atoms with Crippen LogP contribution in [0.5, 0.6) is 0 Å². The van der Waals surface area contributed by atoms with Crippen molar-refractivity contribution in [3.8, 4) is 33.6 Å². The van der Waals surface area contributed by atoms with Crippen LogP contribution in [0.1, 0.15) is 79.1 Å². The van der Waals surface area contributed by atoms with Crippen molar-refractivity contribution >= 4 is 22.1 Å². The number of nitrogens with zero attached hydrogens (tertiary/aromatic N) is 3. The molecule has 0 saturated heterocycles. The molecule has 5 heteroatoms. The zero-order chi connectivity index (χ0) is 44.0. The van der Waals surface area contributed by atoms with E-state index in [0.717, 1.165) is 33.2 Å².